The summed E-state index contributed by atoms with van der Waals surface area (Å²) in [6, 6.07) is 13.6. The van der Waals surface area contributed by atoms with Crippen LogP contribution in [0.1, 0.15) is 11.1 Å². The van der Waals surface area contributed by atoms with E-state index in [2.05, 4.69) is 0 Å². The Bertz CT molecular complexity index is 581. The van der Waals surface area contributed by atoms with Gasteiger partial charge in [0, 0.05) is 15.9 Å². The van der Waals surface area contributed by atoms with Gasteiger partial charge in [0.2, 0.25) is 0 Å². The zero-order valence-electron chi connectivity index (χ0n) is 11.8. The lowest BCUT2D eigenvalue weighted by Crippen LogP contribution is -2.11. The number of alkyl halides is 1. The van der Waals surface area contributed by atoms with Gasteiger partial charge in [-0.25, -0.2) is 0 Å². The van der Waals surface area contributed by atoms with Crippen LogP contribution < -0.4 is 4.74 Å². The lowest BCUT2D eigenvalue weighted by Gasteiger charge is -2.16. The molecule has 21 heavy (non-hydrogen) atoms. The molecule has 1 unspecified atom stereocenters. The zero-order chi connectivity index (χ0) is 15.2. The van der Waals surface area contributed by atoms with Crippen molar-refractivity contribution >= 4 is 34.8 Å². The van der Waals surface area contributed by atoms with Crippen LogP contribution in [0.2, 0.25) is 10.0 Å². The number of hydrogen-bond donors (Lipinski definition) is 0. The molecule has 1 nitrogen and oxygen atoms in total. The molecule has 0 spiro atoms. The van der Waals surface area contributed by atoms with Crippen LogP contribution in [0.5, 0.6) is 5.75 Å². The summed E-state index contributed by atoms with van der Waals surface area (Å²) in [6.07, 6.45) is 1.73. The first kappa shape index (κ1) is 16.5. The molecule has 0 aromatic heterocycles. The van der Waals surface area contributed by atoms with Gasteiger partial charge in [-0.3, -0.25) is 0 Å². The van der Waals surface area contributed by atoms with Gasteiger partial charge in [0.1, 0.15) is 5.75 Å². The maximum Gasteiger partial charge on any atom is 0.122 e. The third kappa shape index (κ3) is 4.81. The Balaban J connectivity index is 2.11. The molecular weight excluding hydrogens is 327 g/mol. The molecule has 0 saturated carbocycles. The minimum atomic E-state index is 0.320. The van der Waals surface area contributed by atoms with Crippen molar-refractivity contribution in [1.29, 1.82) is 0 Å². The van der Waals surface area contributed by atoms with Gasteiger partial charge in [-0.15, -0.1) is 11.6 Å². The quantitative estimate of drug-likeness (QED) is 0.616. The van der Waals surface area contributed by atoms with Gasteiger partial charge >= 0.3 is 0 Å². The molecule has 2 rings (SSSR count). The maximum absolute atomic E-state index is 6.13. The molecule has 2 aromatic rings. The first-order valence-electron chi connectivity index (χ1n) is 6.75. The number of rotatable bonds is 6. The molecule has 0 N–H and O–H groups in total. The molecule has 0 heterocycles. The van der Waals surface area contributed by atoms with E-state index < -0.39 is 0 Å². The van der Waals surface area contributed by atoms with Crippen molar-refractivity contribution in [3.63, 3.8) is 0 Å². The highest BCUT2D eigenvalue weighted by molar-refractivity contribution is 6.30. The van der Waals surface area contributed by atoms with Crippen molar-refractivity contribution < 1.29 is 4.74 Å². The zero-order valence-corrected chi connectivity index (χ0v) is 14.1. The minimum Gasteiger partial charge on any atom is -0.496 e. The van der Waals surface area contributed by atoms with E-state index in [0.717, 1.165) is 29.2 Å². The number of methoxy groups -OCH3 is 1. The second-order valence-corrected chi connectivity index (χ2v) is 6.19. The van der Waals surface area contributed by atoms with E-state index in [0.29, 0.717) is 16.8 Å². The van der Waals surface area contributed by atoms with Crippen LogP contribution in [0.15, 0.2) is 42.5 Å². The summed E-state index contributed by atoms with van der Waals surface area (Å²) < 4.78 is 5.39. The fourth-order valence-corrected chi connectivity index (χ4v) is 2.89. The summed E-state index contributed by atoms with van der Waals surface area (Å²) in [6.45, 7) is 0. The SMILES string of the molecule is COc1ccc(Cl)cc1CC(CCl)Cc1ccc(Cl)cc1. The Hall–Kier alpha value is -0.890. The van der Waals surface area contributed by atoms with Crippen LogP contribution in [0.3, 0.4) is 0 Å². The smallest absolute Gasteiger partial charge is 0.122 e. The molecule has 0 aliphatic heterocycles. The largest absolute Gasteiger partial charge is 0.496 e. The van der Waals surface area contributed by atoms with Crippen LogP contribution in [-0.2, 0) is 12.8 Å². The average Bonchev–Trinajstić information content (AvgIpc) is 2.49. The second-order valence-electron chi connectivity index (χ2n) is 5.01. The van der Waals surface area contributed by atoms with Gasteiger partial charge < -0.3 is 4.74 Å². The van der Waals surface area contributed by atoms with E-state index in [1.807, 2.05) is 42.5 Å². The molecule has 0 aliphatic rings. The fraction of sp³-hybridized carbons (Fsp3) is 0.294. The van der Waals surface area contributed by atoms with Crippen molar-refractivity contribution in [2.45, 2.75) is 12.8 Å². The minimum absolute atomic E-state index is 0.320. The van der Waals surface area contributed by atoms with Gasteiger partial charge in [-0.05, 0) is 60.2 Å². The molecule has 4 heteroatoms. The van der Waals surface area contributed by atoms with Crippen LogP contribution in [-0.4, -0.2) is 13.0 Å². The van der Waals surface area contributed by atoms with Crippen LogP contribution in [0, 0.1) is 5.92 Å². The first-order chi connectivity index (χ1) is 10.1. The number of halogens is 3. The third-order valence-electron chi connectivity index (χ3n) is 3.41. The number of benzene rings is 2. The highest BCUT2D eigenvalue weighted by Crippen LogP contribution is 2.27. The molecule has 0 radical (unpaired) electrons. The molecule has 0 bridgehead atoms. The van der Waals surface area contributed by atoms with Gasteiger partial charge in [0.05, 0.1) is 7.11 Å². The Kier molecular flexibility index (Phi) is 6.22. The predicted molar refractivity (Wildman–Crippen MR) is 91.1 cm³/mol. The van der Waals surface area contributed by atoms with E-state index in [-0.39, 0.29) is 0 Å². The Morgan fingerprint density at radius 2 is 1.62 bits per heavy atom. The van der Waals surface area contributed by atoms with Gasteiger partial charge in [0.25, 0.3) is 0 Å². The third-order valence-corrected chi connectivity index (χ3v) is 4.33. The lowest BCUT2D eigenvalue weighted by molar-refractivity contribution is 0.405. The van der Waals surface area contributed by atoms with Crippen molar-refractivity contribution in [2.75, 3.05) is 13.0 Å². The van der Waals surface area contributed by atoms with Crippen molar-refractivity contribution in [1.82, 2.24) is 0 Å². The normalized spacial score (nSPS) is 12.2. The summed E-state index contributed by atoms with van der Waals surface area (Å²) in [5.41, 5.74) is 2.32. The van der Waals surface area contributed by atoms with Crippen LogP contribution >= 0.6 is 34.8 Å². The van der Waals surface area contributed by atoms with E-state index in [4.69, 9.17) is 39.5 Å². The topological polar surface area (TPSA) is 9.23 Å². The summed E-state index contributed by atoms with van der Waals surface area (Å²) in [5, 5.41) is 1.46. The summed E-state index contributed by atoms with van der Waals surface area (Å²) in [7, 11) is 1.67. The number of ether oxygens (including phenoxy) is 1. The summed E-state index contributed by atoms with van der Waals surface area (Å²) in [4.78, 5) is 0. The monoisotopic (exact) mass is 342 g/mol. The van der Waals surface area contributed by atoms with Crippen molar-refractivity contribution in [3.8, 4) is 5.75 Å². The van der Waals surface area contributed by atoms with E-state index in [1.54, 1.807) is 7.11 Å². The average molecular weight is 344 g/mol. The Morgan fingerprint density at radius 3 is 2.24 bits per heavy atom. The molecule has 112 valence electrons. The summed E-state index contributed by atoms with van der Waals surface area (Å²) in [5.74, 6) is 1.75. The lowest BCUT2D eigenvalue weighted by atomic mass is 9.93. The van der Waals surface area contributed by atoms with Crippen LogP contribution in [0.25, 0.3) is 0 Å². The molecule has 0 aliphatic carbocycles. The molecule has 1 atom stereocenters. The van der Waals surface area contributed by atoms with E-state index >= 15 is 0 Å². The van der Waals surface area contributed by atoms with Crippen molar-refractivity contribution in [2.24, 2.45) is 5.92 Å². The predicted octanol–water partition coefficient (Wildman–Crippen LogP) is 5.64. The molecule has 0 fully saturated rings. The standard InChI is InChI=1S/C17H17Cl3O/c1-21-17-7-6-16(20)10-14(17)9-13(11-18)8-12-2-4-15(19)5-3-12/h2-7,10,13H,8-9,11H2,1H3. The molecule has 0 saturated heterocycles. The van der Waals surface area contributed by atoms with Crippen molar-refractivity contribution in [3.05, 3.63) is 63.6 Å². The second kappa shape index (κ2) is 7.93. The Labute approximate surface area is 140 Å². The van der Waals surface area contributed by atoms with E-state index in [1.165, 1.54) is 5.56 Å². The Morgan fingerprint density at radius 1 is 0.952 bits per heavy atom. The van der Waals surface area contributed by atoms with Crippen LogP contribution in [0.4, 0.5) is 0 Å². The molecular formula is C17H17Cl3O. The molecule has 2 aromatic carbocycles. The van der Waals surface area contributed by atoms with Gasteiger partial charge in [0.15, 0.2) is 0 Å². The summed E-state index contributed by atoms with van der Waals surface area (Å²) >= 11 is 18.1. The maximum atomic E-state index is 6.13. The molecule has 0 amide bonds. The highest BCUT2D eigenvalue weighted by Gasteiger charge is 2.13. The van der Waals surface area contributed by atoms with Gasteiger partial charge in [-0.2, -0.15) is 0 Å². The van der Waals surface area contributed by atoms with E-state index in [9.17, 15) is 0 Å². The fourth-order valence-electron chi connectivity index (χ4n) is 2.35. The first-order valence-corrected chi connectivity index (χ1v) is 8.04. The van der Waals surface area contributed by atoms with Gasteiger partial charge in [-0.1, -0.05) is 35.3 Å². The highest BCUT2D eigenvalue weighted by atomic mass is 35.5. The number of hydrogen-bond acceptors (Lipinski definition) is 1.